The van der Waals surface area contributed by atoms with Gasteiger partial charge in [0.1, 0.15) is 18.2 Å². The van der Waals surface area contributed by atoms with Crippen molar-refractivity contribution >= 4 is 35.3 Å². The van der Waals surface area contributed by atoms with Crippen molar-refractivity contribution in [1.29, 1.82) is 0 Å². The van der Waals surface area contributed by atoms with E-state index < -0.39 is 6.49 Å². The van der Waals surface area contributed by atoms with Gasteiger partial charge >= 0.3 is 59.1 Å². The molecule has 0 fully saturated rings. The Hall–Kier alpha value is 0.880. The zero-order valence-electron chi connectivity index (χ0n) is 12.2. The van der Waals surface area contributed by atoms with Crippen LogP contribution in [0.15, 0.2) is 12.7 Å². The fourth-order valence-corrected chi connectivity index (χ4v) is 2.22. The number of anilines is 1. The summed E-state index contributed by atoms with van der Waals surface area (Å²) in [6.45, 7) is -1.09. The van der Waals surface area contributed by atoms with Crippen molar-refractivity contribution in [3.8, 4) is 0 Å². The molecule has 0 aliphatic heterocycles. The first-order valence-corrected chi connectivity index (χ1v) is 8.33. The van der Waals surface area contributed by atoms with Gasteiger partial charge in [-0.3, -0.25) is 0 Å². The van der Waals surface area contributed by atoms with E-state index in [4.69, 9.17) is 20.3 Å². The molecule has 0 aromatic carbocycles. The first-order chi connectivity index (χ1) is 8.87. The Morgan fingerprint density at radius 1 is 1.38 bits per heavy atom. The van der Waals surface area contributed by atoms with Gasteiger partial charge in [0.15, 0.2) is 11.5 Å². The molecule has 2 aromatic rings. The Bertz CT molecular complexity index is 637. The number of aromatic nitrogens is 4. The van der Waals surface area contributed by atoms with Gasteiger partial charge in [-0.05, 0) is 18.7 Å². The summed E-state index contributed by atoms with van der Waals surface area (Å²) in [5.41, 5.74) is 6.82. The smallest absolute Gasteiger partial charge is 0.382 e. The van der Waals surface area contributed by atoms with Gasteiger partial charge in [0.25, 0.3) is 0 Å². The molecule has 0 aliphatic carbocycles. The topological polar surface area (TPSA) is 119 Å². The largest absolute Gasteiger partial charge is 1.00 e. The normalized spacial score (nSPS) is 12.5. The average Bonchev–Trinajstić information content (AvgIpc) is 2.71. The Labute approximate surface area is 171 Å². The third-order valence-electron chi connectivity index (χ3n) is 2.41. The third kappa shape index (κ3) is 6.48. The molecule has 0 bridgehead atoms. The van der Waals surface area contributed by atoms with E-state index in [1.165, 1.54) is 6.33 Å². The molecular weight excluding hydrogens is 335 g/mol. The number of imidazole rings is 1. The van der Waals surface area contributed by atoms with Gasteiger partial charge in [-0.15, -0.1) is 0 Å². The zero-order valence-corrected chi connectivity index (χ0v) is 17.9. The minimum absolute atomic E-state index is 0. The summed E-state index contributed by atoms with van der Waals surface area (Å²) < 4.78 is 7.04. The molecule has 2 rings (SSSR count). The summed E-state index contributed by atoms with van der Waals surface area (Å²) >= 11 is 4.49. The second-order valence-corrected chi connectivity index (χ2v) is 7.44. The van der Waals surface area contributed by atoms with Crippen LogP contribution in [0.1, 0.15) is 6.92 Å². The minimum atomic E-state index is -3.32. The van der Waals surface area contributed by atoms with E-state index in [0.29, 0.717) is 23.5 Å². The van der Waals surface area contributed by atoms with Crippen molar-refractivity contribution in [2.45, 2.75) is 19.6 Å². The Morgan fingerprint density at radius 3 is 2.67 bits per heavy atom. The van der Waals surface area contributed by atoms with Crippen molar-refractivity contribution in [3.63, 3.8) is 0 Å². The Morgan fingerprint density at radius 2 is 2.05 bits per heavy atom. The summed E-state index contributed by atoms with van der Waals surface area (Å²) in [5, 5.41) is 0. The van der Waals surface area contributed by atoms with Crippen LogP contribution in [0.2, 0.25) is 0 Å². The van der Waals surface area contributed by atoms with Crippen LogP contribution in [0.25, 0.3) is 11.2 Å². The maximum Gasteiger partial charge on any atom is 1.00 e. The molecule has 0 aliphatic rings. The van der Waals surface area contributed by atoms with Crippen LogP contribution in [-0.2, 0) is 23.1 Å². The molecule has 2 aromatic heterocycles. The standard InChI is InChI=1S/C9H14N5O3PS.2Na/c1-6(17-5-18(15,16)19)2-14-4-13-7-8(10)11-3-12-9(7)14;;/h3-4,6H,2,5H2,1H3,(H2,10,11,12)(H2,15,16,19);;/q;2*+1/t6-;;/m1../s1. The third-order valence-corrected chi connectivity index (χ3v) is 3.21. The summed E-state index contributed by atoms with van der Waals surface area (Å²) in [4.78, 5) is 30.3. The fourth-order valence-electron chi connectivity index (χ4n) is 1.59. The average molecular weight is 349 g/mol. The second kappa shape index (κ2) is 9.24. The van der Waals surface area contributed by atoms with E-state index in [1.807, 2.05) is 0 Å². The molecule has 21 heavy (non-hydrogen) atoms. The molecule has 2 heterocycles. The summed E-state index contributed by atoms with van der Waals surface area (Å²) in [6.07, 6.45) is 2.44. The number of nitrogens with two attached hydrogens (primary N) is 1. The van der Waals surface area contributed by atoms with Crippen LogP contribution < -0.4 is 64.8 Å². The first-order valence-electron chi connectivity index (χ1n) is 5.44. The summed E-state index contributed by atoms with van der Waals surface area (Å²) in [6, 6.07) is 0. The summed E-state index contributed by atoms with van der Waals surface area (Å²) in [5.74, 6) is 0.318. The Kier molecular flexibility index (Phi) is 9.63. The molecule has 0 spiro atoms. The van der Waals surface area contributed by atoms with Crippen molar-refractivity contribution in [1.82, 2.24) is 19.5 Å². The van der Waals surface area contributed by atoms with E-state index in [2.05, 4.69) is 26.8 Å². The first kappa shape index (κ1) is 21.9. The van der Waals surface area contributed by atoms with Crippen LogP contribution in [0.3, 0.4) is 0 Å². The van der Waals surface area contributed by atoms with Crippen molar-refractivity contribution in [3.05, 3.63) is 12.7 Å². The van der Waals surface area contributed by atoms with E-state index in [0.717, 1.165) is 0 Å². The molecule has 1 atom stereocenters. The molecule has 0 radical (unpaired) electrons. The van der Waals surface area contributed by atoms with E-state index in [9.17, 15) is 0 Å². The molecule has 8 nitrogen and oxygen atoms in total. The van der Waals surface area contributed by atoms with E-state index >= 15 is 0 Å². The molecule has 0 saturated heterocycles. The molecule has 104 valence electrons. The minimum Gasteiger partial charge on any atom is -0.382 e. The van der Waals surface area contributed by atoms with Crippen LogP contribution in [-0.4, -0.2) is 41.8 Å². The van der Waals surface area contributed by atoms with Crippen molar-refractivity contribution < 1.29 is 73.6 Å². The van der Waals surface area contributed by atoms with Gasteiger partial charge in [-0.2, -0.15) is 0 Å². The number of fused-ring (bicyclic) bond motifs is 1. The molecule has 0 unspecified atom stereocenters. The van der Waals surface area contributed by atoms with Crippen molar-refractivity contribution in [2.75, 3.05) is 12.1 Å². The molecule has 12 heteroatoms. The van der Waals surface area contributed by atoms with Gasteiger partial charge in [0, 0.05) is 0 Å². The van der Waals surface area contributed by atoms with E-state index in [1.54, 1.807) is 17.8 Å². The molecule has 0 amide bonds. The van der Waals surface area contributed by atoms with Gasteiger partial charge in [-0.1, -0.05) is 0 Å². The number of ether oxygens (including phenoxy) is 1. The van der Waals surface area contributed by atoms with E-state index in [-0.39, 0.29) is 71.6 Å². The quantitative estimate of drug-likeness (QED) is 0.361. The molecule has 0 saturated carbocycles. The Balaban J connectivity index is 0.00000200. The number of nitrogens with zero attached hydrogens (tertiary/aromatic N) is 4. The molecule has 4 N–H and O–H groups in total. The second-order valence-electron chi connectivity index (χ2n) is 4.10. The summed E-state index contributed by atoms with van der Waals surface area (Å²) in [7, 11) is 0. The predicted molar refractivity (Wildman–Crippen MR) is 73.9 cm³/mol. The number of hydrogen-bond donors (Lipinski definition) is 3. The number of hydrogen-bond acceptors (Lipinski definition) is 6. The van der Waals surface area contributed by atoms with Gasteiger partial charge in [-0.25, -0.2) is 15.0 Å². The maximum atomic E-state index is 9.10. The number of nitrogen functional groups attached to an aromatic ring is 1. The number of rotatable bonds is 5. The van der Waals surface area contributed by atoms with Gasteiger partial charge < -0.3 is 24.8 Å². The van der Waals surface area contributed by atoms with Crippen LogP contribution in [0, 0.1) is 0 Å². The monoisotopic (exact) mass is 349 g/mol. The van der Waals surface area contributed by atoms with Crippen LogP contribution >= 0.6 is 6.49 Å². The van der Waals surface area contributed by atoms with Gasteiger partial charge in [0.2, 0.25) is 6.49 Å². The SMILES string of the molecule is C[C@H](Cn1cnc2c(N)ncnc21)OCP(O)(O)=S.[Na+].[Na+]. The molecular formula is C9H14N5Na2O3PS+2. The fraction of sp³-hybridized carbons (Fsp3) is 0.444. The zero-order chi connectivity index (χ0) is 14.0. The maximum absolute atomic E-state index is 9.10. The van der Waals surface area contributed by atoms with Crippen LogP contribution in [0.4, 0.5) is 5.82 Å². The van der Waals surface area contributed by atoms with Crippen molar-refractivity contribution in [2.24, 2.45) is 0 Å². The predicted octanol–water partition coefficient (Wildman–Crippen LogP) is -5.93. The van der Waals surface area contributed by atoms with Gasteiger partial charge in [0.05, 0.1) is 19.0 Å². The van der Waals surface area contributed by atoms with Crippen LogP contribution in [0.5, 0.6) is 0 Å².